The zero-order chi connectivity index (χ0) is 16.6. The Hall–Kier alpha value is -2.80. The molecule has 122 valence electrons. The molecule has 1 N–H and O–H groups in total. The Morgan fingerprint density at radius 3 is 2.20 bits per heavy atom. The predicted molar refractivity (Wildman–Crippen MR) is 105 cm³/mol. The van der Waals surface area contributed by atoms with Gasteiger partial charge in [-0.05, 0) is 53.6 Å². The van der Waals surface area contributed by atoms with E-state index in [1.807, 2.05) is 0 Å². The predicted octanol–water partition coefficient (Wildman–Crippen LogP) is 5.91. The number of fused-ring (bicyclic) bond motifs is 2. The lowest BCUT2D eigenvalue weighted by Gasteiger charge is -2.06. The molecule has 25 heavy (non-hydrogen) atoms. The maximum atomic E-state index is 3.74. The molecule has 3 aromatic carbocycles. The summed E-state index contributed by atoms with van der Waals surface area (Å²) >= 11 is 0. The second-order valence-electron chi connectivity index (χ2n) is 7.03. The average Bonchev–Trinajstić information content (AvgIpc) is 3.24. The van der Waals surface area contributed by atoms with E-state index in [1.54, 1.807) is 0 Å². The van der Waals surface area contributed by atoms with E-state index in [4.69, 9.17) is 0 Å². The van der Waals surface area contributed by atoms with Gasteiger partial charge in [0, 0.05) is 28.6 Å². The first kappa shape index (κ1) is 14.5. The van der Waals surface area contributed by atoms with Gasteiger partial charge in [0.05, 0.1) is 0 Å². The van der Waals surface area contributed by atoms with Crippen LogP contribution in [0.1, 0.15) is 28.8 Å². The second kappa shape index (κ2) is 5.93. The van der Waals surface area contributed by atoms with Crippen molar-refractivity contribution in [3.8, 4) is 11.1 Å². The normalized spacial score (nSPS) is 13.3. The number of nitrogens with one attached hydrogen (secondary N) is 1. The number of hydrogen-bond acceptors (Lipinski definition) is 0. The van der Waals surface area contributed by atoms with Gasteiger partial charge < -0.3 is 4.98 Å². The molecular formula is C24H21N. The Morgan fingerprint density at radius 2 is 1.44 bits per heavy atom. The number of aromatic nitrogens is 1. The molecule has 0 saturated heterocycles. The van der Waals surface area contributed by atoms with E-state index in [0.717, 1.165) is 6.42 Å². The summed E-state index contributed by atoms with van der Waals surface area (Å²) < 4.78 is 0. The summed E-state index contributed by atoms with van der Waals surface area (Å²) in [4.78, 5) is 3.74. The van der Waals surface area contributed by atoms with Crippen molar-refractivity contribution < 1.29 is 0 Å². The molecule has 1 aromatic heterocycles. The minimum atomic E-state index is 0.935. The number of benzene rings is 3. The summed E-state index contributed by atoms with van der Waals surface area (Å²) in [5.74, 6) is 0. The van der Waals surface area contributed by atoms with Crippen LogP contribution in [0.15, 0.2) is 72.8 Å². The van der Waals surface area contributed by atoms with Crippen LogP contribution in [0.4, 0.5) is 0 Å². The van der Waals surface area contributed by atoms with Crippen molar-refractivity contribution in [2.24, 2.45) is 0 Å². The average molecular weight is 323 g/mol. The summed E-state index contributed by atoms with van der Waals surface area (Å²) in [5.41, 5.74) is 9.68. The fourth-order valence-electron chi connectivity index (χ4n) is 4.19. The van der Waals surface area contributed by atoms with Gasteiger partial charge in [-0.1, -0.05) is 60.7 Å². The van der Waals surface area contributed by atoms with Crippen LogP contribution in [0.25, 0.3) is 22.0 Å². The van der Waals surface area contributed by atoms with Crippen LogP contribution in [0, 0.1) is 0 Å². The molecule has 0 radical (unpaired) electrons. The molecule has 0 fully saturated rings. The van der Waals surface area contributed by atoms with Gasteiger partial charge in [-0.25, -0.2) is 0 Å². The molecule has 1 heterocycles. The highest BCUT2D eigenvalue weighted by molar-refractivity contribution is 5.98. The Morgan fingerprint density at radius 1 is 0.760 bits per heavy atom. The van der Waals surface area contributed by atoms with Crippen LogP contribution in [-0.2, 0) is 19.3 Å². The van der Waals surface area contributed by atoms with Gasteiger partial charge in [-0.15, -0.1) is 0 Å². The van der Waals surface area contributed by atoms with Crippen molar-refractivity contribution in [1.29, 1.82) is 0 Å². The molecule has 0 spiro atoms. The van der Waals surface area contributed by atoms with E-state index < -0.39 is 0 Å². The van der Waals surface area contributed by atoms with Gasteiger partial charge in [0.1, 0.15) is 0 Å². The molecule has 0 unspecified atom stereocenters. The van der Waals surface area contributed by atoms with Gasteiger partial charge in [0.15, 0.2) is 0 Å². The summed E-state index contributed by atoms with van der Waals surface area (Å²) in [7, 11) is 0. The molecule has 0 bridgehead atoms. The standard InChI is InChI=1S/C24H21N/c1-3-8-17(9-4-1)14-23-24(18-10-5-2-6-11-18)21-15-19-12-7-13-20(19)16-22(21)25-23/h1-6,8-11,15-16,25H,7,12-14H2. The first-order valence-electron chi connectivity index (χ1n) is 9.14. The lowest BCUT2D eigenvalue weighted by atomic mass is 9.97. The third kappa shape index (κ3) is 2.56. The topological polar surface area (TPSA) is 15.8 Å². The fourth-order valence-corrected chi connectivity index (χ4v) is 4.19. The summed E-state index contributed by atoms with van der Waals surface area (Å²) in [5, 5.41) is 1.37. The monoisotopic (exact) mass is 323 g/mol. The lowest BCUT2D eigenvalue weighted by Crippen LogP contribution is -1.91. The summed E-state index contributed by atoms with van der Waals surface area (Å²) in [6.07, 6.45) is 4.67. The van der Waals surface area contributed by atoms with Crippen LogP contribution in [0.3, 0.4) is 0 Å². The fraction of sp³-hybridized carbons (Fsp3) is 0.167. The zero-order valence-corrected chi connectivity index (χ0v) is 14.3. The number of aromatic amines is 1. The van der Waals surface area contributed by atoms with Crippen molar-refractivity contribution in [2.75, 3.05) is 0 Å². The molecule has 1 heteroatoms. The van der Waals surface area contributed by atoms with Crippen LogP contribution < -0.4 is 0 Å². The van der Waals surface area contributed by atoms with Crippen molar-refractivity contribution in [3.05, 3.63) is 95.2 Å². The van der Waals surface area contributed by atoms with E-state index in [-0.39, 0.29) is 0 Å². The largest absolute Gasteiger partial charge is 0.358 e. The van der Waals surface area contributed by atoms with Gasteiger partial charge in [-0.3, -0.25) is 0 Å². The second-order valence-corrected chi connectivity index (χ2v) is 7.03. The first-order chi connectivity index (χ1) is 12.4. The van der Waals surface area contributed by atoms with Crippen LogP contribution in [-0.4, -0.2) is 4.98 Å². The Labute approximate surface area is 148 Å². The van der Waals surface area contributed by atoms with E-state index in [9.17, 15) is 0 Å². The van der Waals surface area contributed by atoms with Crippen LogP contribution in [0.2, 0.25) is 0 Å². The van der Waals surface area contributed by atoms with Crippen molar-refractivity contribution >= 4 is 10.9 Å². The maximum absolute atomic E-state index is 3.74. The highest BCUT2D eigenvalue weighted by Gasteiger charge is 2.18. The van der Waals surface area contributed by atoms with Crippen molar-refractivity contribution in [3.63, 3.8) is 0 Å². The number of rotatable bonds is 3. The zero-order valence-electron chi connectivity index (χ0n) is 14.3. The van der Waals surface area contributed by atoms with Gasteiger partial charge in [0.2, 0.25) is 0 Å². The third-order valence-electron chi connectivity index (χ3n) is 5.37. The first-order valence-corrected chi connectivity index (χ1v) is 9.14. The van der Waals surface area contributed by atoms with E-state index in [1.165, 1.54) is 63.7 Å². The van der Waals surface area contributed by atoms with Crippen LogP contribution in [0.5, 0.6) is 0 Å². The molecule has 5 rings (SSSR count). The minimum Gasteiger partial charge on any atom is -0.358 e. The Kier molecular flexibility index (Phi) is 3.45. The van der Waals surface area contributed by atoms with E-state index in [0.29, 0.717) is 0 Å². The van der Waals surface area contributed by atoms with E-state index in [2.05, 4.69) is 77.8 Å². The summed E-state index contributed by atoms with van der Waals surface area (Å²) in [6.45, 7) is 0. The quantitative estimate of drug-likeness (QED) is 0.482. The molecule has 0 atom stereocenters. The van der Waals surface area contributed by atoms with E-state index >= 15 is 0 Å². The number of aryl methyl sites for hydroxylation is 2. The Bertz CT molecular complexity index is 1030. The number of hydrogen-bond donors (Lipinski definition) is 1. The lowest BCUT2D eigenvalue weighted by molar-refractivity contribution is 0.912. The van der Waals surface area contributed by atoms with Crippen molar-refractivity contribution in [1.82, 2.24) is 4.98 Å². The smallest absolute Gasteiger partial charge is 0.0465 e. The molecule has 4 aromatic rings. The molecule has 1 aliphatic rings. The molecule has 0 saturated carbocycles. The van der Waals surface area contributed by atoms with Gasteiger partial charge in [0.25, 0.3) is 0 Å². The Balaban J connectivity index is 1.73. The maximum Gasteiger partial charge on any atom is 0.0465 e. The molecule has 0 aliphatic heterocycles. The van der Waals surface area contributed by atoms with Gasteiger partial charge >= 0.3 is 0 Å². The van der Waals surface area contributed by atoms with Gasteiger partial charge in [-0.2, -0.15) is 0 Å². The van der Waals surface area contributed by atoms with Crippen LogP contribution >= 0.6 is 0 Å². The van der Waals surface area contributed by atoms with Crippen molar-refractivity contribution in [2.45, 2.75) is 25.7 Å². The third-order valence-corrected chi connectivity index (χ3v) is 5.37. The molecule has 0 amide bonds. The SMILES string of the molecule is c1ccc(Cc2[nH]c3cc4c(cc3c2-c2ccccc2)CCC4)cc1. The molecule has 1 aliphatic carbocycles. The number of H-pyrrole nitrogens is 1. The molecular weight excluding hydrogens is 302 g/mol. The summed E-state index contributed by atoms with van der Waals surface area (Å²) in [6, 6.07) is 26.4. The highest BCUT2D eigenvalue weighted by atomic mass is 14.7. The highest BCUT2D eigenvalue weighted by Crippen LogP contribution is 2.37. The minimum absolute atomic E-state index is 0.935. The molecule has 1 nitrogen and oxygen atoms in total.